The number of rotatable bonds is 3. The van der Waals surface area contributed by atoms with E-state index in [1.165, 1.54) is 5.56 Å². The van der Waals surface area contributed by atoms with Crippen LogP contribution in [0.2, 0.25) is 0 Å². The standard InChI is InChI=1S/C13H25N5/c1-10-8-18(6-5-16(10)3)13(11(2)14)12-7-15-17(4)9-12/h7,9-11,13H,5-6,8,14H2,1-4H3. The molecule has 0 aliphatic carbocycles. The number of piperazine rings is 1. The van der Waals surface area contributed by atoms with Crippen LogP contribution in [0, 0.1) is 0 Å². The molecule has 5 heteroatoms. The van der Waals surface area contributed by atoms with Crippen molar-refractivity contribution in [2.45, 2.75) is 32.0 Å². The number of aryl methyl sites for hydroxylation is 1. The molecule has 1 aromatic rings. The van der Waals surface area contributed by atoms with Gasteiger partial charge >= 0.3 is 0 Å². The second kappa shape index (κ2) is 5.38. The molecule has 0 amide bonds. The van der Waals surface area contributed by atoms with E-state index in [-0.39, 0.29) is 12.1 Å². The van der Waals surface area contributed by atoms with Gasteiger partial charge in [-0.2, -0.15) is 5.10 Å². The highest BCUT2D eigenvalue weighted by Crippen LogP contribution is 2.25. The first-order valence-electron chi connectivity index (χ1n) is 6.67. The minimum Gasteiger partial charge on any atom is -0.326 e. The van der Waals surface area contributed by atoms with Crippen LogP contribution in [0.25, 0.3) is 0 Å². The topological polar surface area (TPSA) is 50.3 Å². The third-order valence-corrected chi connectivity index (χ3v) is 3.95. The summed E-state index contributed by atoms with van der Waals surface area (Å²) in [6.07, 6.45) is 4.02. The third-order valence-electron chi connectivity index (χ3n) is 3.95. The van der Waals surface area contributed by atoms with Crippen molar-refractivity contribution in [2.75, 3.05) is 26.7 Å². The summed E-state index contributed by atoms with van der Waals surface area (Å²) in [5.41, 5.74) is 7.42. The van der Waals surface area contributed by atoms with Crippen LogP contribution < -0.4 is 5.73 Å². The average Bonchev–Trinajstić information content (AvgIpc) is 2.70. The Kier molecular flexibility index (Phi) is 4.04. The van der Waals surface area contributed by atoms with E-state index >= 15 is 0 Å². The summed E-state index contributed by atoms with van der Waals surface area (Å²) in [5, 5.41) is 4.27. The average molecular weight is 251 g/mol. The molecule has 3 unspecified atom stereocenters. The molecule has 0 spiro atoms. The molecular weight excluding hydrogens is 226 g/mol. The number of nitrogens with zero attached hydrogens (tertiary/aromatic N) is 4. The van der Waals surface area contributed by atoms with Gasteiger partial charge in [0.05, 0.1) is 12.2 Å². The second-order valence-corrected chi connectivity index (χ2v) is 5.58. The molecule has 1 saturated heterocycles. The van der Waals surface area contributed by atoms with E-state index in [2.05, 4.69) is 42.0 Å². The molecule has 3 atom stereocenters. The maximum atomic E-state index is 6.20. The number of likely N-dealkylation sites (N-methyl/N-ethyl adjacent to an activating group) is 1. The van der Waals surface area contributed by atoms with Gasteiger partial charge in [0.15, 0.2) is 0 Å². The van der Waals surface area contributed by atoms with E-state index in [0.29, 0.717) is 6.04 Å². The van der Waals surface area contributed by atoms with Crippen molar-refractivity contribution < 1.29 is 0 Å². The lowest BCUT2D eigenvalue weighted by molar-refractivity contribution is 0.0638. The van der Waals surface area contributed by atoms with Crippen molar-refractivity contribution >= 4 is 0 Å². The van der Waals surface area contributed by atoms with Gasteiger partial charge in [-0.25, -0.2) is 0 Å². The molecule has 1 fully saturated rings. The van der Waals surface area contributed by atoms with Crippen LogP contribution in [0.5, 0.6) is 0 Å². The predicted molar refractivity (Wildman–Crippen MR) is 73.3 cm³/mol. The normalized spacial score (nSPS) is 26.2. The lowest BCUT2D eigenvalue weighted by Gasteiger charge is -2.42. The summed E-state index contributed by atoms with van der Waals surface area (Å²) >= 11 is 0. The molecule has 0 aromatic carbocycles. The maximum absolute atomic E-state index is 6.20. The van der Waals surface area contributed by atoms with Gasteiger partial charge in [-0.15, -0.1) is 0 Å². The van der Waals surface area contributed by atoms with Gasteiger partial charge in [0.2, 0.25) is 0 Å². The van der Waals surface area contributed by atoms with Gasteiger partial charge in [-0.05, 0) is 20.9 Å². The van der Waals surface area contributed by atoms with E-state index in [1.54, 1.807) is 0 Å². The fourth-order valence-electron chi connectivity index (χ4n) is 2.77. The number of aromatic nitrogens is 2. The second-order valence-electron chi connectivity index (χ2n) is 5.58. The van der Waals surface area contributed by atoms with Crippen LogP contribution >= 0.6 is 0 Å². The van der Waals surface area contributed by atoms with Crippen molar-refractivity contribution in [3.05, 3.63) is 18.0 Å². The van der Waals surface area contributed by atoms with Crippen LogP contribution in [0.1, 0.15) is 25.5 Å². The smallest absolute Gasteiger partial charge is 0.0538 e. The van der Waals surface area contributed by atoms with Gasteiger partial charge in [0.25, 0.3) is 0 Å². The number of hydrogen-bond donors (Lipinski definition) is 1. The summed E-state index contributed by atoms with van der Waals surface area (Å²) in [7, 11) is 4.14. The van der Waals surface area contributed by atoms with Crippen molar-refractivity contribution in [2.24, 2.45) is 12.8 Å². The molecule has 1 aliphatic rings. The van der Waals surface area contributed by atoms with Crippen LogP contribution in [0.4, 0.5) is 0 Å². The van der Waals surface area contributed by atoms with Crippen molar-refractivity contribution in [1.29, 1.82) is 0 Å². The molecule has 102 valence electrons. The number of nitrogens with two attached hydrogens (primary N) is 1. The lowest BCUT2D eigenvalue weighted by atomic mass is 10.0. The number of hydrogen-bond acceptors (Lipinski definition) is 4. The highest BCUT2D eigenvalue weighted by molar-refractivity contribution is 5.13. The highest BCUT2D eigenvalue weighted by Gasteiger charge is 2.30. The van der Waals surface area contributed by atoms with Gasteiger partial charge in [-0.1, -0.05) is 0 Å². The Balaban J connectivity index is 2.16. The first-order valence-corrected chi connectivity index (χ1v) is 6.67. The first-order chi connectivity index (χ1) is 8.49. The molecule has 0 saturated carbocycles. The Morgan fingerprint density at radius 1 is 1.39 bits per heavy atom. The van der Waals surface area contributed by atoms with E-state index < -0.39 is 0 Å². The SMILES string of the molecule is CC(N)C(c1cnn(C)c1)N1CCN(C)C(C)C1. The lowest BCUT2D eigenvalue weighted by Crippen LogP contribution is -2.53. The van der Waals surface area contributed by atoms with E-state index in [1.807, 2.05) is 17.9 Å². The Morgan fingerprint density at radius 3 is 2.61 bits per heavy atom. The van der Waals surface area contributed by atoms with Crippen molar-refractivity contribution in [1.82, 2.24) is 19.6 Å². The van der Waals surface area contributed by atoms with Crippen LogP contribution in [0.15, 0.2) is 12.4 Å². The van der Waals surface area contributed by atoms with Crippen molar-refractivity contribution in [3.63, 3.8) is 0 Å². The molecule has 0 radical (unpaired) electrons. The van der Waals surface area contributed by atoms with Crippen LogP contribution in [0.3, 0.4) is 0 Å². The maximum Gasteiger partial charge on any atom is 0.0538 e. The fourth-order valence-corrected chi connectivity index (χ4v) is 2.77. The largest absolute Gasteiger partial charge is 0.326 e. The predicted octanol–water partition coefficient (Wildman–Crippen LogP) is 0.444. The summed E-state index contributed by atoms with van der Waals surface area (Å²) in [4.78, 5) is 4.89. The zero-order valence-electron chi connectivity index (χ0n) is 11.9. The summed E-state index contributed by atoms with van der Waals surface area (Å²) < 4.78 is 1.85. The summed E-state index contributed by atoms with van der Waals surface area (Å²) in [6, 6.07) is 0.969. The van der Waals surface area contributed by atoms with Gasteiger partial charge < -0.3 is 10.6 Å². The molecule has 1 aromatic heterocycles. The molecule has 2 N–H and O–H groups in total. The molecule has 5 nitrogen and oxygen atoms in total. The van der Waals surface area contributed by atoms with E-state index in [9.17, 15) is 0 Å². The zero-order chi connectivity index (χ0) is 13.3. The molecule has 18 heavy (non-hydrogen) atoms. The molecule has 2 heterocycles. The van der Waals surface area contributed by atoms with Crippen LogP contribution in [-0.4, -0.2) is 58.3 Å². The fraction of sp³-hybridized carbons (Fsp3) is 0.769. The Hall–Kier alpha value is -0.910. The Labute approximate surface area is 110 Å². The van der Waals surface area contributed by atoms with Gasteiger partial charge in [0.1, 0.15) is 0 Å². The van der Waals surface area contributed by atoms with Gasteiger partial charge in [-0.3, -0.25) is 9.58 Å². The summed E-state index contributed by atoms with van der Waals surface area (Å²) in [6.45, 7) is 7.60. The Morgan fingerprint density at radius 2 is 2.11 bits per heavy atom. The first kappa shape index (κ1) is 13.5. The van der Waals surface area contributed by atoms with Gasteiger partial charge in [0, 0.05) is 50.5 Å². The molecule has 2 rings (SSSR count). The third kappa shape index (κ3) is 2.74. The Bertz CT molecular complexity index is 386. The zero-order valence-corrected chi connectivity index (χ0v) is 11.9. The van der Waals surface area contributed by atoms with E-state index in [4.69, 9.17) is 5.73 Å². The molecular formula is C13H25N5. The summed E-state index contributed by atoms with van der Waals surface area (Å²) in [5.74, 6) is 0. The van der Waals surface area contributed by atoms with E-state index in [0.717, 1.165) is 19.6 Å². The quantitative estimate of drug-likeness (QED) is 0.847. The highest BCUT2D eigenvalue weighted by atomic mass is 15.3. The monoisotopic (exact) mass is 251 g/mol. The van der Waals surface area contributed by atoms with Crippen molar-refractivity contribution in [3.8, 4) is 0 Å². The minimum absolute atomic E-state index is 0.116. The molecule has 1 aliphatic heterocycles. The molecule has 0 bridgehead atoms. The minimum atomic E-state index is 0.116. The van der Waals surface area contributed by atoms with Crippen LogP contribution in [-0.2, 0) is 7.05 Å².